The van der Waals surface area contributed by atoms with Gasteiger partial charge in [-0.1, -0.05) is 25.5 Å². The maximum absolute atomic E-state index is 13.2. The van der Waals surface area contributed by atoms with Crippen molar-refractivity contribution in [2.24, 2.45) is 0 Å². The number of halogens is 1. The summed E-state index contributed by atoms with van der Waals surface area (Å²) in [6, 6.07) is 4.97. The van der Waals surface area contributed by atoms with Crippen LogP contribution in [-0.2, 0) is 17.6 Å². The van der Waals surface area contributed by atoms with E-state index in [9.17, 15) is 9.18 Å². The van der Waals surface area contributed by atoms with E-state index in [1.807, 2.05) is 13.0 Å². The Labute approximate surface area is 77.6 Å². The normalized spacial score (nSPS) is 10.0. The molecule has 0 aromatic heterocycles. The third-order valence-corrected chi connectivity index (χ3v) is 2.02. The molecular weight excluding hydrogens is 167 g/mol. The number of carbonyl (C=O) groups is 1. The Kier molecular flexibility index (Phi) is 3.62. The van der Waals surface area contributed by atoms with Crippen molar-refractivity contribution in [1.82, 2.24) is 0 Å². The van der Waals surface area contributed by atoms with Crippen LogP contribution in [0.3, 0.4) is 0 Å². The second-order valence-corrected chi connectivity index (χ2v) is 3.00. The highest BCUT2D eigenvalue weighted by Crippen LogP contribution is 2.15. The van der Waals surface area contributed by atoms with E-state index >= 15 is 0 Å². The molecule has 13 heavy (non-hydrogen) atoms. The zero-order valence-corrected chi connectivity index (χ0v) is 7.72. The first-order valence-corrected chi connectivity index (χ1v) is 4.49. The van der Waals surface area contributed by atoms with Crippen molar-refractivity contribution < 1.29 is 9.18 Å². The molecule has 1 rings (SSSR count). The van der Waals surface area contributed by atoms with Crippen molar-refractivity contribution >= 4 is 6.29 Å². The topological polar surface area (TPSA) is 17.1 Å². The predicted molar refractivity (Wildman–Crippen MR) is 50.2 cm³/mol. The largest absolute Gasteiger partial charge is 0.303 e. The number of benzene rings is 1. The summed E-state index contributed by atoms with van der Waals surface area (Å²) in [5, 5.41) is 0. The van der Waals surface area contributed by atoms with Gasteiger partial charge in [-0.25, -0.2) is 4.39 Å². The number of aldehydes is 1. The van der Waals surface area contributed by atoms with E-state index < -0.39 is 0 Å². The Morgan fingerprint density at radius 3 is 2.85 bits per heavy atom. The van der Waals surface area contributed by atoms with Crippen LogP contribution < -0.4 is 0 Å². The van der Waals surface area contributed by atoms with Crippen LogP contribution in [0.1, 0.15) is 24.5 Å². The molecule has 0 N–H and O–H groups in total. The molecule has 0 heterocycles. The molecule has 0 amide bonds. The van der Waals surface area contributed by atoms with Crippen LogP contribution in [0.2, 0.25) is 0 Å². The van der Waals surface area contributed by atoms with Gasteiger partial charge in [-0.15, -0.1) is 0 Å². The fraction of sp³-hybridized carbons (Fsp3) is 0.364. The minimum Gasteiger partial charge on any atom is -0.303 e. The molecule has 0 unspecified atom stereocenters. The van der Waals surface area contributed by atoms with Crippen LogP contribution in [0, 0.1) is 5.82 Å². The summed E-state index contributed by atoms with van der Waals surface area (Å²) in [6.45, 7) is 2.04. The Hall–Kier alpha value is -1.18. The number of rotatable bonds is 4. The van der Waals surface area contributed by atoms with Gasteiger partial charge in [-0.2, -0.15) is 0 Å². The van der Waals surface area contributed by atoms with E-state index in [-0.39, 0.29) is 12.2 Å². The molecule has 0 bridgehead atoms. The smallest absolute Gasteiger partial charge is 0.127 e. The summed E-state index contributed by atoms with van der Waals surface area (Å²) in [5.41, 5.74) is 1.51. The van der Waals surface area contributed by atoms with Crippen LogP contribution in [0.25, 0.3) is 0 Å². The van der Waals surface area contributed by atoms with E-state index in [1.54, 1.807) is 6.07 Å². The third kappa shape index (κ3) is 2.38. The molecule has 0 saturated carbocycles. The highest BCUT2D eigenvalue weighted by molar-refractivity contribution is 5.56. The van der Waals surface area contributed by atoms with Gasteiger partial charge in [0.2, 0.25) is 0 Å². The number of hydrogen-bond acceptors (Lipinski definition) is 1. The molecular formula is C11H13FO. The van der Waals surface area contributed by atoms with Gasteiger partial charge in [0, 0.05) is 6.42 Å². The van der Waals surface area contributed by atoms with Gasteiger partial charge in [-0.05, 0) is 23.6 Å². The molecule has 0 fully saturated rings. The maximum Gasteiger partial charge on any atom is 0.127 e. The summed E-state index contributed by atoms with van der Waals surface area (Å²) in [6.07, 6.45) is 2.73. The van der Waals surface area contributed by atoms with Crippen molar-refractivity contribution in [3.8, 4) is 0 Å². The zero-order valence-electron chi connectivity index (χ0n) is 7.72. The van der Waals surface area contributed by atoms with Crippen LogP contribution in [0.5, 0.6) is 0 Å². The third-order valence-electron chi connectivity index (χ3n) is 2.02. The predicted octanol–water partition coefficient (Wildman–Crippen LogP) is 2.52. The van der Waals surface area contributed by atoms with Crippen LogP contribution in [0.15, 0.2) is 18.2 Å². The summed E-state index contributed by atoms with van der Waals surface area (Å²) >= 11 is 0. The van der Waals surface area contributed by atoms with E-state index in [0.717, 1.165) is 24.7 Å². The minimum atomic E-state index is -0.266. The standard InChI is InChI=1S/C11H13FO/c1-2-4-9-5-3-6-11(12)10(9)7-8-13/h3,5-6,8H,2,4,7H2,1H3. The highest BCUT2D eigenvalue weighted by Gasteiger charge is 2.06. The van der Waals surface area contributed by atoms with Crippen molar-refractivity contribution in [2.45, 2.75) is 26.2 Å². The SMILES string of the molecule is CCCc1cccc(F)c1CC=O. The lowest BCUT2D eigenvalue weighted by atomic mass is 10.0. The Balaban J connectivity index is 3.01. The van der Waals surface area contributed by atoms with Crippen molar-refractivity contribution in [2.75, 3.05) is 0 Å². The summed E-state index contributed by atoms with van der Waals surface area (Å²) in [7, 11) is 0. The van der Waals surface area contributed by atoms with Crippen molar-refractivity contribution in [3.63, 3.8) is 0 Å². The average Bonchev–Trinajstić information content (AvgIpc) is 2.11. The Morgan fingerprint density at radius 2 is 2.23 bits per heavy atom. The molecule has 1 aromatic rings. The van der Waals surface area contributed by atoms with Crippen LogP contribution >= 0.6 is 0 Å². The van der Waals surface area contributed by atoms with Gasteiger partial charge in [0.1, 0.15) is 12.1 Å². The first-order valence-electron chi connectivity index (χ1n) is 4.49. The summed E-state index contributed by atoms with van der Waals surface area (Å²) in [5.74, 6) is -0.266. The highest BCUT2D eigenvalue weighted by atomic mass is 19.1. The first kappa shape index (κ1) is 9.90. The number of hydrogen-bond donors (Lipinski definition) is 0. The quantitative estimate of drug-likeness (QED) is 0.651. The number of carbonyl (C=O) groups excluding carboxylic acids is 1. The van der Waals surface area contributed by atoms with Gasteiger partial charge in [-0.3, -0.25) is 0 Å². The van der Waals surface area contributed by atoms with Gasteiger partial charge in [0.25, 0.3) is 0 Å². The Bertz CT molecular complexity index is 294. The van der Waals surface area contributed by atoms with Crippen molar-refractivity contribution in [3.05, 3.63) is 35.1 Å². The average molecular weight is 180 g/mol. The molecule has 1 nitrogen and oxygen atoms in total. The molecule has 0 radical (unpaired) electrons. The molecule has 0 aliphatic heterocycles. The second kappa shape index (κ2) is 4.75. The molecule has 0 saturated heterocycles. The first-order chi connectivity index (χ1) is 6.29. The van der Waals surface area contributed by atoms with E-state index in [1.165, 1.54) is 6.07 Å². The lowest BCUT2D eigenvalue weighted by Gasteiger charge is -2.06. The molecule has 1 aromatic carbocycles. The van der Waals surface area contributed by atoms with Gasteiger partial charge in [0.05, 0.1) is 0 Å². The number of aryl methyl sites for hydroxylation is 1. The lowest BCUT2D eigenvalue weighted by molar-refractivity contribution is -0.107. The van der Waals surface area contributed by atoms with Crippen LogP contribution in [-0.4, -0.2) is 6.29 Å². The summed E-state index contributed by atoms with van der Waals surface area (Å²) < 4.78 is 13.2. The monoisotopic (exact) mass is 180 g/mol. The minimum absolute atomic E-state index is 0.183. The maximum atomic E-state index is 13.2. The molecule has 0 spiro atoms. The van der Waals surface area contributed by atoms with E-state index in [2.05, 4.69) is 0 Å². The molecule has 0 aliphatic carbocycles. The fourth-order valence-corrected chi connectivity index (χ4v) is 1.42. The molecule has 0 aliphatic rings. The van der Waals surface area contributed by atoms with E-state index in [0.29, 0.717) is 5.56 Å². The van der Waals surface area contributed by atoms with E-state index in [4.69, 9.17) is 0 Å². The zero-order chi connectivity index (χ0) is 9.68. The lowest BCUT2D eigenvalue weighted by Crippen LogP contribution is -1.98. The van der Waals surface area contributed by atoms with Gasteiger partial charge < -0.3 is 4.79 Å². The van der Waals surface area contributed by atoms with Crippen LogP contribution in [0.4, 0.5) is 4.39 Å². The summed E-state index contributed by atoms with van der Waals surface area (Å²) in [4.78, 5) is 10.3. The second-order valence-electron chi connectivity index (χ2n) is 3.00. The molecule has 70 valence electrons. The Morgan fingerprint density at radius 1 is 1.46 bits per heavy atom. The fourth-order valence-electron chi connectivity index (χ4n) is 1.42. The molecule has 0 atom stereocenters. The van der Waals surface area contributed by atoms with Gasteiger partial charge in [0.15, 0.2) is 0 Å². The molecule has 2 heteroatoms. The van der Waals surface area contributed by atoms with Crippen molar-refractivity contribution in [1.29, 1.82) is 0 Å². The van der Waals surface area contributed by atoms with Gasteiger partial charge >= 0.3 is 0 Å².